The van der Waals surface area contributed by atoms with Crippen LogP contribution < -0.4 is 16.0 Å². The van der Waals surface area contributed by atoms with Gasteiger partial charge in [0.15, 0.2) is 11.5 Å². The van der Waals surface area contributed by atoms with Gasteiger partial charge in [0.1, 0.15) is 17.5 Å². The fourth-order valence-electron chi connectivity index (χ4n) is 3.93. The van der Waals surface area contributed by atoms with E-state index in [9.17, 15) is 4.79 Å². The van der Waals surface area contributed by atoms with Crippen LogP contribution in [-0.2, 0) is 0 Å². The molecule has 0 unspecified atom stereocenters. The molecule has 0 radical (unpaired) electrons. The van der Waals surface area contributed by atoms with Gasteiger partial charge in [-0.1, -0.05) is 0 Å². The Bertz CT molecular complexity index is 1130. The van der Waals surface area contributed by atoms with E-state index < -0.39 is 0 Å². The van der Waals surface area contributed by atoms with E-state index in [1.807, 2.05) is 18.3 Å². The number of anilines is 2. The van der Waals surface area contributed by atoms with Gasteiger partial charge in [-0.05, 0) is 43.9 Å². The number of nitriles is 1. The zero-order chi connectivity index (χ0) is 20.7. The molecule has 1 amide bonds. The number of hydrogen-bond donors (Lipinski definition) is 2. The average molecular weight is 402 g/mol. The Morgan fingerprint density at radius 1 is 1.20 bits per heavy atom. The minimum absolute atomic E-state index is 0.0492. The number of pyridine rings is 1. The first-order valence-electron chi connectivity index (χ1n) is 10.2. The predicted octanol–water partition coefficient (Wildman–Crippen LogP) is 1.85. The average Bonchev–Trinajstić information content (AvgIpc) is 3.56. The van der Waals surface area contributed by atoms with Crippen molar-refractivity contribution >= 4 is 23.2 Å². The maximum absolute atomic E-state index is 13.0. The Morgan fingerprint density at radius 3 is 2.67 bits per heavy atom. The third-order valence-electron chi connectivity index (χ3n) is 5.79. The summed E-state index contributed by atoms with van der Waals surface area (Å²) in [6.45, 7) is 1.55. The Balaban J connectivity index is 1.26. The molecule has 0 atom stereocenters. The lowest BCUT2D eigenvalue weighted by Crippen LogP contribution is -2.45. The molecule has 1 aliphatic heterocycles. The Labute approximate surface area is 173 Å². The molecule has 4 heterocycles. The van der Waals surface area contributed by atoms with Crippen LogP contribution >= 0.6 is 0 Å². The molecule has 9 nitrogen and oxygen atoms in total. The fourth-order valence-corrected chi connectivity index (χ4v) is 3.93. The molecule has 3 N–H and O–H groups in total. The Kier molecular flexibility index (Phi) is 4.47. The highest BCUT2D eigenvalue weighted by Gasteiger charge is 2.28. The van der Waals surface area contributed by atoms with Crippen LogP contribution in [0, 0.1) is 11.3 Å². The van der Waals surface area contributed by atoms with Crippen molar-refractivity contribution in [2.75, 3.05) is 23.7 Å². The molecular formula is C21H22N8O. The Morgan fingerprint density at radius 2 is 2.00 bits per heavy atom. The molecule has 3 aromatic heterocycles. The molecule has 1 saturated heterocycles. The number of fused-ring (bicyclic) bond motifs is 1. The number of hydrogen-bond acceptors (Lipinski definition) is 7. The topological polar surface area (TPSA) is 125 Å². The summed E-state index contributed by atoms with van der Waals surface area (Å²) in [4.78, 5) is 24.2. The normalized spacial score (nSPS) is 17.1. The number of rotatable bonds is 4. The van der Waals surface area contributed by atoms with Crippen molar-refractivity contribution in [3.8, 4) is 6.07 Å². The number of carbonyl (C=O) groups is 1. The van der Waals surface area contributed by atoms with Crippen LogP contribution in [0.5, 0.6) is 0 Å². The van der Waals surface area contributed by atoms with Crippen LogP contribution in [0.15, 0.2) is 30.6 Å². The first kappa shape index (κ1) is 18.4. The van der Waals surface area contributed by atoms with E-state index >= 15 is 0 Å². The van der Waals surface area contributed by atoms with Crippen molar-refractivity contribution < 1.29 is 4.79 Å². The zero-order valence-corrected chi connectivity index (χ0v) is 16.5. The molecule has 1 saturated carbocycles. The fraction of sp³-hybridized carbons (Fsp3) is 0.381. The van der Waals surface area contributed by atoms with E-state index in [2.05, 4.69) is 31.4 Å². The van der Waals surface area contributed by atoms with Crippen LogP contribution in [-0.4, -0.2) is 44.6 Å². The van der Waals surface area contributed by atoms with Gasteiger partial charge in [-0.3, -0.25) is 4.79 Å². The number of carbonyl (C=O) groups excluding carboxylic acids is 1. The van der Waals surface area contributed by atoms with Crippen LogP contribution in [0.25, 0.3) is 5.65 Å². The zero-order valence-electron chi connectivity index (χ0n) is 16.5. The van der Waals surface area contributed by atoms with Gasteiger partial charge in [0.05, 0.1) is 5.56 Å². The monoisotopic (exact) mass is 402 g/mol. The summed E-state index contributed by atoms with van der Waals surface area (Å²) < 4.78 is 1.58. The van der Waals surface area contributed by atoms with Crippen molar-refractivity contribution in [1.29, 1.82) is 5.26 Å². The predicted molar refractivity (Wildman–Crippen MR) is 111 cm³/mol. The second kappa shape index (κ2) is 7.30. The molecule has 5 rings (SSSR count). The smallest absolute Gasteiger partial charge is 0.259 e. The van der Waals surface area contributed by atoms with E-state index in [1.165, 1.54) is 0 Å². The summed E-state index contributed by atoms with van der Waals surface area (Å²) in [5, 5.41) is 16.3. The molecule has 3 aromatic rings. The number of nitrogens with one attached hydrogen (secondary N) is 1. The third kappa shape index (κ3) is 3.41. The van der Waals surface area contributed by atoms with Crippen LogP contribution in [0.4, 0.5) is 11.6 Å². The molecule has 30 heavy (non-hydrogen) atoms. The largest absolute Gasteiger partial charge is 0.381 e. The summed E-state index contributed by atoms with van der Waals surface area (Å²) in [7, 11) is 0. The van der Waals surface area contributed by atoms with Gasteiger partial charge in [0.25, 0.3) is 5.91 Å². The standard InChI is InChI=1S/C21H22N8O/c22-11-13-1-4-17(24-12-13)28-8-5-15(6-9-28)25-21(30)18-19(23)27-29-10-7-16(14-2-3-14)26-20(18)29/h1,4,7,10,12,14-15H,2-3,5-6,8-9H2,(H2,23,27)(H,25,30). The molecule has 2 fully saturated rings. The third-order valence-corrected chi connectivity index (χ3v) is 5.79. The van der Waals surface area contributed by atoms with Gasteiger partial charge >= 0.3 is 0 Å². The molecule has 152 valence electrons. The van der Waals surface area contributed by atoms with Gasteiger partial charge in [-0.25, -0.2) is 14.5 Å². The van der Waals surface area contributed by atoms with Gasteiger partial charge in [0.2, 0.25) is 0 Å². The van der Waals surface area contributed by atoms with Crippen molar-refractivity contribution in [2.24, 2.45) is 0 Å². The van der Waals surface area contributed by atoms with Crippen molar-refractivity contribution in [3.05, 3.63) is 47.4 Å². The van der Waals surface area contributed by atoms with E-state index in [0.717, 1.165) is 50.3 Å². The molecule has 1 aliphatic carbocycles. The minimum Gasteiger partial charge on any atom is -0.381 e. The highest BCUT2D eigenvalue weighted by Crippen LogP contribution is 2.39. The van der Waals surface area contributed by atoms with E-state index in [1.54, 1.807) is 16.8 Å². The van der Waals surface area contributed by atoms with Crippen molar-refractivity contribution in [3.63, 3.8) is 0 Å². The number of aromatic nitrogens is 4. The highest BCUT2D eigenvalue weighted by atomic mass is 16.1. The molecule has 0 spiro atoms. The van der Waals surface area contributed by atoms with E-state index in [4.69, 9.17) is 11.0 Å². The second-order valence-corrected chi connectivity index (χ2v) is 7.91. The number of nitrogen functional groups attached to an aromatic ring is 1. The van der Waals surface area contributed by atoms with Gasteiger partial charge in [-0.15, -0.1) is 5.10 Å². The highest BCUT2D eigenvalue weighted by molar-refractivity contribution is 6.04. The van der Waals surface area contributed by atoms with Crippen molar-refractivity contribution in [2.45, 2.75) is 37.6 Å². The molecule has 0 aromatic carbocycles. The van der Waals surface area contributed by atoms with Crippen LogP contribution in [0.3, 0.4) is 0 Å². The van der Waals surface area contributed by atoms with E-state index in [-0.39, 0.29) is 17.8 Å². The molecule has 9 heteroatoms. The number of nitrogens with zero attached hydrogens (tertiary/aromatic N) is 6. The molecule has 2 aliphatic rings. The molecular weight excluding hydrogens is 380 g/mol. The molecule has 0 bridgehead atoms. The summed E-state index contributed by atoms with van der Waals surface area (Å²) in [5.74, 6) is 1.31. The summed E-state index contributed by atoms with van der Waals surface area (Å²) >= 11 is 0. The van der Waals surface area contributed by atoms with Gasteiger partial charge in [-0.2, -0.15) is 5.26 Å². The SMILES string of the molecule is N#Cc1ccc(N2CCC(NC(=O)c3c(N)nn4ccc(C5CC5)nc34)CC2)nc1. The quantitative estimate of drug-likeness (QED) is 0.682. The first-order chi connectivity index (χ1) is 14.6. The number of amides is 1. The number of nitrogens with two attached hydrogens (primary N) is 1. The summed E-state index contributed by atoms with van der Waals surface area (Å²) in [6.07, 6.45) is 7.29. The lowest BCUT2D eigenvalue weighted by atomic mass is 10.0. The summed E-state index contributed by atoms with van der Waals surface area (Å²) in [5.41, 5.74) is 8.47. The van der Waals surface area contributed by atoms with E-state index in [0.29, 0.717) is 22.7 Å². The first-order valence-corrected chi connectivity index (χ1v) is 10.2. The Hall–Kier alpha value is -3.67. The maximum atomic E-state index is 13.0. The second-order valence-electron chi connectivity index (χ2n) is 7.91. The van der Waals surface area contributed by atoms with Crippen LogP contribution in [0.2, 0.25) is 0 Å². The summed E-state index contributed by atoms with van der Waals surface area (Å²) in [6, 6.07) is 7.71. The maximum Gasteiger partial charge on any atom is 0.259 e. The van der Waals surface area contributed by atoms with Crippen LogP contribution in [0.1, 0.15) is 53.2 Å². The number of piperidine rings is 1. The van der Waals surface area contributed by atoms with Crippen molar-refractivity contribution in [1.82, 2.24) is 24.9 Å². The van der Waals surface area contributed by atoms with Gasteiger partial charge in [0, 0.05) is 43.1 Å². The lowest BCUT2D eigenvalue weighted by molar-refractivity contribution is 0.0933. The minimum atomic E-state index is -0.224. The van der Waals surface area contributed by atoms with Gasteiger partial charge < -0.3 is 16.0 Å². The lowest BCUT2D eigenvalue weighted by Gasteiger charge is -2.33.